The molecule has 1 aliphatic carbocycles. The first-order valence-electron chi connectivity index (χ1n) is 7.09. The molecule has 1 atom stereocenters. The van der Waals surface area contributed by atoms with Gasteiger partial charge in [-0.05, 0) is 59.2 Å². The largest absolute Gasteiger partial charge is 0.114 e. The summed E-state index contributed by atoms with van der Waals surface area (Å²) in [6.45, 7) is 0. The highest BCUT2D eigenvalue weighted by Crippen LogP contribution is 2.41. The van der Waals surface area contributed by atoms with E-state index in [9.17, 15) is 0 Å². The summed E-state index contributed by atoms with van der Waals surface area (Å²) in [4.78, 5) is 1.34. The van der Waals surface area contributed by atoms with Crippen LogP contribution in [0.25, 0.3) is 0 Å². The van der Waals surface area contributed by atoms with E-state index in [2.05, 4.69) is 101 Å². The van der Waals surface area contributed by atoms with Crippen molar-refractivity contribution in [3.63, 3.8) is 0 Å². The fourth-order valence-corrected chi connectivity index (χ4v) is 4.47. The average Bonchev–Trinajstić information content (AvgIpc) is 2.51. The smallest absolute Gasteiger partial charge is 0.0464 e. The first kappa shape index (κ1) is 14.9. The minimum Gasteiger partial charge on any atom is -0.114 e. The SMILES string of the molecule is Ic1ccccc1CC1(Sc2ccccc2)C=CC=CC1. The second-order valence-electron chi connectivity index (χ2n) is 5.24. The van der Waals surface area contributed by atoms with Crippen LogP contribution in [-0.4, -0.2) is 4.75 Å². The van der Waals surface area contributed by atoms with Gasteiger partial charge >= 0.3 is 0 Å². The molecule has 2 aromatic rings. The minimum absolute atomic E-state index is 0.122. The van der Waals surface area contributed by atoms with Crippen molar-refractivity contribution in [3.05, 3.63) is 88.0 Å². The van der Waals surface area contributed by atoms with E-state index < -0.39 is 0 Å². The number of thioether (sulfide) groups is 1. The molecule has 0 bridgehead atoms. The highest BCUT2D eigenvalue weighted by atomic mass is 127. The van der Waals surface area contributed by atoms with Crippen LogP contribution in [0.2, 0.25) is 0 Å². The zero-order valence-electron chi connectivity index (χ0n) is 11.7. The quantitative estimate of drug-likeness (QED) is 0.574. The molecule has 0 radical (unpaired) electrons. The van der Waals surface area contributed by atoms with E-state index in [-0.39, 0.29) is 4.75 Å². The molecule has 0 N–H and O–H groups in total. The third-order valence-electron chi connectivity index (χ3n) is 3.62. The fourth-order valence-electron chi connectivity index (χ4n) is 2.58. The lowest BCUT2D eigenvalue weighted by molar-refractivity contribution is 0.707. The van der Waals surface area contributed by atoms with Crippen LogP contribution < -0.4 is 0 Å². The van der Waals surface area contributed by atoms with Gasteiger partial charge in [0.1, 0.15) is 0 Å². The molecule has 0 saturated heterocycles. The van der Waals surface area contributed by atoms with Crippen molar-refractivity contribution in [2.24, 2.45) is 0 Å². The predicted molar refractivity (Wildman–Crippen MR) is 101 cm³/mol. The molecular formula is C19H17IS. The van der Waals surface area contributed by atoms with E-state index >= 15 is 0 Å². The Morgan fingerprint density at radius 2 is 1.71 bits per heavy atom. The maximum Gasteiger partial charge on any atom is 0.0464 e. The standard InChI is InChI=1S/C19H17IS/c20-18-12-6-5-9-16(18)15-19(13-7-2-8-14-19)21-17-10-3-1-4-11-17/h1-13H,14-15H2. The second kappa shape index (κ2) is 6.84. The Hall–Kier alpha value is -1.00. The summed E-state index contributed by atoms with van der Waals surface area (Å²) < 4.78 is 1.48. The molecule has 2 heteroatoms. The summed E-state index contributed by atoms with van der Waals surface area (Å²) in [5.41, 5.74) is 1.43. The van der Waals surface area contributed by atoms with Gasteiger partial charge in [0.25, 0.3) is 0 Å². The van der Waals surface area contributed by atoms with Gasteiger partial charge in [0.2, 0.25) is 0 Å². The molecule has 3 rings (SSSR count). The molecule has 1 unspecified atom stereocenters. The molecule has 0 aromatic heterocycles. The van der Waals surface area contributed by atoms with E-state index in [0.717, 1.165) is 12.8 Å². The van der Waals surface area contributed by atoms with Crippen molar-refractivity contribution in [1.29, 1.82) is 0 Å². The number of benzene rings is 2. The van der Waals surface area contributed by atoms with E-state index in [1.54, 1.807) is 0 Å². The Morgan fingerprint density at radius 3 is 2.43 bits per heavy atom. The molecule has 0 fully saturated rings. The molecule has 0 nitrogen and oxygen atoms in total. The van der Waals surface area contributed by atoms with Gasteiger partial charge in [-0.3, -0.25) is 0 Å². The van der Waals surface area contributed by atoms with Gasteiger partial charge in [-0.25, -0.2) is 0 Å². The monoisotopic (exact) mass is 404 g/mol. The van der Waals surface area contributed by atoms with Gasteiger partial charge < -0.3 is 0 Å². The van der Waals surface area contributed by atoms with Crippen molar-refractivity contribution < 1.29 is 0 Å². The molecule has 0 aliphatic heterocycles. The molecule has 106 valence electrons. The highest BCUT2D eigenvalue weighted by molar-refractivity contribution is 14.1. The maximum atomic E-state index is 2.44. The highest BCUT2D eigenvalue weighted by Gasteiger charge is 2.29. The van der Waals surface area contributed by atoms with Crippen molar-refractivity contribution in [2.75, 3.05) is 0 Å². The van der Waals surface area contributed by atoms with Gasteiger partial charge in [0.15, 0.2) is 0 Å². The summed E-state index contributed by atoms with van der Waals surface area (Å²) in [6.07, 6.45) is 11.1. The Morgan fingerprint density at radius 1 is 0.952 bits per heavy atom. The third-order valence-corrected chi connectivity index (χ3v) is 6.04. The summed E-state index contributed by atoms with van der Waals surface area (Å²) in [6, 6.07) is 19.4. The molecule has 0 spiro atoms. The van der Waals surface area contributed by atoms with Crippen LogP contribution in [0, 0.1) is 3.57 Å². The van der Waals surface area contributed by atoms with Gasteiger partial charge in [-0.15, -0.1) is 11.8 Å². The van der Waals surface area contributed by atoms with Crippen molar-refractivity contribution >= 4 is 34.4 Å². The maximum absolute atomic E-state index is 2.44. The van der Waals surface area contributed by atoms with E-state index in [1.165, 1.54) is 14.0 Å². The first-order chi connectivity index (χ1) is 10.3. The van der Waals surface area contributed by atoms with Gasteiger partial charge in [0.05, 0.1) is 0 Å². The van der Waals surface area contributed by atoms with Gasteiger partial charge in [-0.2, -0.15) is 0 Å². The number of rotatable bonds is 4. The third kappa shape index (κ3) is 3.80. The summed E-state index contributed by atoms with van der Waals surface area (Å²) in [5.74, 6) is 0. The zero-order valence-corrected chi connectivity index (χ0v) is 14.7. The lowest BCUT2D eigenvalue weighted by atomic mass is 9.92. The molecular weight excluding hydrogens is 387 g/mol. The first-order valence-corrected chi connectivity index (χ1v) is 8.99. The van der Waals surface area contributed by atoms with Crippen molar-refractivity contribution in [2.45, 2.75) is 22.5 Å². The predicted octanol–water partition coefficient (Wildman–Crippen LogP) is 5.88. The van der Waals surface area contributed by atoms with E-state index in [4.69, 9.17) is 0 Å². The van der Waals surface area contributed by atoms with E-state index in [1.807, 2.05) is 11.8 Å². The fraction of sp³-hybridized carbons (Fsp3) is 0.158. The topological polar surface area (TPSA) is 0 Å². The van der Waals surface area contributed by atoms with Gasteiger partial charge in [0, 0.05) is 13.2 Å². The van der Waals surface area contributed by atoms with Crippen LogP contribution in [0.1, 0.15) is 12.0 Å². The molecule has 21 heavy (non-hydrogen) atoms. The average molecular weight is 404 g/mol. The summed E-state index contributed by atoms with van der Waals surface area (Å²) >= 11 is 4.42. The number of hydrogen-bond acceptors (Lipinski definition) is 1. The minimum atomic E-state index is 0.122. The molecule has 2 aromatic carbocycles. The molecule has 1 aliphatic rings. The Balaban J connectivity index is 1.89. The lowest BCUT2D eigenvalue weighted by Crippen LogP contribution is -2.26. The number of halogens is 1. The lowest BCUT2D eigenvalue weighted by Gasteiger charge is -2.31. The molecule has 0 amide bonds. The van der Waals surface area contributed by atoms with Crippen LogP contribution in [0.4, 0.5) is 0 Å². The second-order valence-corrected chi connectivity index (χ2v) is 7.89. The summed E-state index contributed by atoms with van der Waals surface area (Å²) in [5, 5.41) is 0. The van der Waals surface area contributed by atoms with Crippen LogP contribution in [0.15, 0.2) is 83.8 Å². The van der Waals surface area contributed by atoms with Crippen LogP contribution >= 0.6 is 34.4 Å². The number of hydrogen-bond donors (Lipinski definition) is 0. The van der Waals surface area contributed by atoms with E-state index in [0.29, 0.717) is 0 Å². The van der Waals surface area contributed by atoms with Crippen molar-refractivity contribution in [3.8, 4) is 0 Å². The normalized spacial score (nSPS) is 20.6. The summed E-state index contributed by atoms with van der Waals surface area (Å²) in [7, 11) is 0. The van der Waals surface area contributed by atoms with Crippen LogP contribution in [0.3, 0.4) is 0 Å². The van der Waals surface area contributed by atoms with Crippen LogP contribution in [0.5, 0.6) is 0 Å². The van der Waals surface area contributed by atoms with Crippen molar-refractivity contribution in [1.82, 2.24) is 0 Å². The molecule has 0 heterocycles. The Kier molecular flexibility index (Phi) is 4.86. The molecule has 0 saturated carbocycles. The Bertz CT molecular complexity index is 660. The van der Waals surface area contributed by atoms with Crippen LogP contribution in [-0.2, 0) is 6.42 Å². The van der Waals surface area contributed by atoms with Gasteiger partial charge in [-0.1, -0.05) is 60.7 Å². The Labute approximate surface area is 144 Å². The zero-order chi connectivity index (χ0) is 14.5. The number of allylic oxidation sites excluding steroid dienone is 3.